The maximum Gasteiger partial charge on any atom is 0.325 e. The Kier molecular flexibility index (Phi) is 4.59. The summed E-state index contributed by atoms with van der Waals surface area (Å²) in [6.07, 6.45) is 3.90. The Morgan fingerprint density at radius 3 is 2.31 bits per heavy atom. The van der Waals surface area contributed by atoms with Gasteiger partial charge in [0.1, 0.15) is 5.54 Å². The van der Waals surface area contributed by atoms with Crippen LogP contribution < -0.4 is 5.32 Å². The summed E-state index contributed by atoms with van der Waals surface area (Å²) in [5.74, 6) is 0.547. The molecule has 3 amide bonds. The van der Waals surface area contributed by atoms with Gasteiger partial charge in [-0.05, 0) is 26.7 Å². The van der Waals surface area contributed by atoms with Gasteiger partial charge in [0.2, 0.25) is 0 Å². The van der Waals surface area contributed by atoms with Crippen molar-refractivity contribution in [1.82, 2.24) is 10.2 Å². The number of hydrogen-bond donors (Lipinski definition) is 1. The Labute approximate surface area is 101 Å². The molecule has 0 aromatic heterocycles. The van der Waals surface area contributed by atoms with Gasteiger partial charge in [0.05, 0.1) is 0 Å². The molecule has 5 heteroatoms. The van der Waals surface area contributed by atoms with E-state index < -0.39 is 5.54 Å². The molecule has 1 saturated heterocycles. The van der Waals surface area contributed by atoms with Gasteiger partial charge in [-0.1, -0.05) is 12.8 Å². The Hall–Kier alpha value is -0.770. The summed E-state index contributed by atoms with van der Waals surface area (Å²) in [4.78, 5) is 24.6. The SMILES string of the molecule is CC1(C)NC(=O)N(CCCCCCCl)C1=O. The van der Waals surface area contributed by atoms with Crippen molar-refractivity contribution < 1.29 is 9.59 Å². The Bertz CT molecular complexity index is 279. The number of alkyl halides is 1. The van der Waals surface area contributed by atoms with Crippen LogP contribution in [0.15, 0.2) is 0 Å². The van der Waals surface area contributed by atoms with E-state index in [2.05, 4.69) is 5.32 Å². The van der Waals surface area contributed by atoms with Crippen molar-refractivity contribution in [3.63, 3.8) is 0 Å². The van der Waals surface area contributed by atoms with Crippen molar-refractivity contribution in [2.75, 3.05) is 12.4 Å². The largest absolute Gasteiger partial charge is 0.325 e. The standard InChI is InChI=1S/C11H19ClN2O2/c1-11(2)9(15)14(10(16)13-11)8-6-4-3-5-7-12/h3-8H2,1-2H3,(H,13,16). The van der Waals surface area contributed by atoms with Crippen molar-refractivity contribution >= 4 is 23.5 Å². The maximum absolute atomic E-state index is 11.8. The summed E-state index contributed by atoms with van der Waals surface area (Å²) in [6, 6.07) is -0.271. The minimum atomic E-state index is -0.743. The van der Waals surface area contributed by atoms with Gasteiger partial charge in [-0.3, -0.25) is 9.69 Å². The van der Waals surface area contributed by atoms with Gasteiger partial charge in [-0.2, -0.15) is 0 Å². The molecule has 0 saturated carbocycles. The zero-order valence-corrected chi connectivity index (χ0v) is 10.6. The van der Waals surface area contributed by atoms with Crippen LogP contribution in [0.2, 0.25) is 0 Å². The van der Waals surface area contributed by atoms with Gasteiger partial charge in [-0.15, -0.1) is 11.6 Å². The lowest BCUT2D eigenvalue weighted by Crippen LogP contribution is -2.40. The van der Waals surface area contributed by atoms with Crippen LogP contribution >= 0.6 is 11.6 Å². The van der Waals surface area contributed by atoms with Crippen molar-refractivity contribution in [2.24, 2.45) is 0 Å². The molecule has 0 unspecified atom stereocenters. The van der Waals surface area contributed by atoms with E-state index in [1.165, 1.54) is 4.90 Å². The Balaban J connectivity index is 2.32. The maximum atomic E-state index is 11.8. The van der Waals surface area contributed by atoms with E-state index >= 15 is 0 Å². The molecule has 0 spiro atoms. The predicted molar refractivity (Wildman–Crippen MR) is 63.5 cm³/mol. The zero-order valence-electron chi connectivity index (χ0n) is 9.88. The van der Waals surface area contributed by atoms with Crippen molar-refractivity contribution in [2.45, 2.75) is 45.1 Å². The number of urea groups is 1. The Morgan fingerprint density at radius 2 is 1.81 bits per heavy atom. The molecule has 1 heterocycles. The molecule has 1 rings (SSSR count). The first-order valence-corrected chi connectivity index (χ1v) is 6.22. The summed E-state index contributed by atoms with van der Waals surface area (Å²) in [6.45, 7) is 3.96. The second kappa shape index (κ2) is 5.53. The highest BCUT2D eigenvalue weighted by Crippen LogP contribution is 2.17. The highest BCUT2D eigenvalue weighted by atomic mass is 35.5. The van der Waals surface area contributed by atoms with Crippen LogP contribution in [0, 0.1) is 0 Å². The number of hydrogen-bond acceptors (Lipinski definition) is 2. The molecule has 1 fully saturated rings. The van der Waals surface area contributed by atoms with Gasteiger partial charge in [0.15, 0.2) is 0 Å². The number of rotatable bonds is 6. The van der Waals surface area contributed by atoms with E-state index in [1.54, 1.807) is 13.8 Å². The molecule has 16 heavy (non-hydrogen) atoms. The number of carbonyl (C=O) groups is 2. The summed E-state index contributed by atoms with van der Waals surface area (Å²) in [5, 5.41) is 2.66. The fraction of sp³-hybridized carbons (Fsp3) is 0.818. The van der Waals surface area contributed by atoms with Gasteiger partial charge in [-0.25, -0.2) is 4.79 Å². The van der Waals surface area contributed by atoms with Crippen LogP contribution in [0.25, 0.3) is 0 Å². The molecule has 0 radical (unpaired) electrons. The first-order valence-electron chi connectivity index (χ1n) is 5.69. The van der Waals surface area contributed by atoms with Crippen LogP contribution in [-0.4, -0.2) is 34.8 Å². The van der Waals surface area contributed by atoms with Crippen LogP contribution in [0.3, 0.4) is 0 Å². The average molecular weight is 247 g/mol. The molecular formula is C11H19ClN2O2. The number of nitrogens with zero attached hydrogens (tertiary/aromatic N) is 1. The van der Waals surface area contributed by atoms with Crippen molar-refractivity contribution in [3.8, 4) is 0 Å². The third kappa shape index (κ3) is 3.11. The highest BCUT2D eigenvalue weighted by Gasteiger charge is 2.43. The minimum absolute atomic E-state index is 0.130. The number of nitrogens with one attached hydrogen (secondary N) is 1. The third-order valence-corrected chi connectivity index (χ3v) is 2.98. The second-order valence-corrected chi connectivity index (χ2v) is 4.99. The van der Waals surface area contributed by atoms with E-state index in [0.29, 0.717) is 12.4 Å². The van der Waals surface area contributed by atoms with Crippen molar-refractivity contribution in [1.29, 1.82) is 0 Å². The van der Waals surface area contributed by atoms with E-state index in [1.807, 2.05) is 0 Å². The summed E-state index contributed by atoms with van der Waals surface area (Å²) < 4.78 is 0. The minimum Gasteiger partial charge on any atom is -0.324 e. The monoisotopic (exact) mass is 246 g/mol. The molecule has 0 atom stereocenters. The first kappa shape index (κ1) is 13.3. The van der Waals surface area contributed by atoms with Gasteiger partial charge in [0.25, 0.3) is 5.91 Å². The smallest absolute Gasteiger partial charge is 0.324 e. The molecule has 0 aromatic carbocycles. The number of unbranched alkanes of at least 4 members (excludes halogenated alkanes) is 3. The zero-order chi connectivity index (χ0) is 12.2. The predicted octanol–water partition coefficient (Wildman–Crippen LogP) is 2.12. The molecule has 0 aromatic rings. The van der Waals surface area contributed by atoms with E-state index in [-0.39, 0.29) is 11.9 Å². The lowest BCUT2D eigenvalue weighted by molar-refractivity contribution is -0.130. The van der Waals surface area contributed by atoms with E-state index in [4.69, 9.17) is 11.6 Å². The molecular weight excluding hydrogens is 228 g/mol. The quantitative estimate of drug-likeness (QED) is 0.443. The summed E-state index contributed by atoms with van der Waals surface area (Å²) >= 11 is 5.56. The van der Waals surface area contributed by atoms with Crippen LogP contribution in [0.4, 0.5) is 4.79 Å². The second-order valence-electron chi connectivity index (χ2n) is 4.62. The molecule has 1 N–H and O–H groups in total. The fourth-order valence-corrected chi connectivity index (χ4v) is 1.93. The first-order chi connectivity index (χ1) is 7.49. The van der Waals surface area contributed by atoms with Crippen LogP contribution in [0.5, 0.6) is 0 Å². The number of imide groups is 1. The van der Waals surface area contributed by atoms with Crippen LogP contribution in [0.1, 0.15) is 39.5 Å². The molecule has 0 aliphatic carbocycles. The lowest BCUT2D eigenvalue weighted by Gasteiger charge is -2.15. The van der Waals surface area contributed by atoms with Gasteiger partial charge >= 0.3 is 6.03 Å². The number of carbonyl (C=O) groups excluding carboxylic acids is 2. The topological polar surface area (TPSA) is 49.4 Å². The highest BCUT2D eigenvalue weighted by molar-refractivity contribution is 6.17. The molecule has 0 bridgehead atoms. The molecule has 92 valence electrons. The molecule has 1 aliphatic heterocycles. The average Bonchev–Trinajstić information content (AvgIpc) is 2.39. The number of halogens is 1. The molecule has 1 aliphatic rings. The Morgan fingerprint density at radius 1 is 1.19 bits per heavy atom. The van der Waals surface area contributed by atoms with Crippen LogP contribution in [-0.2, 0) is 4.79 Å². The third-order valence-electron chi connectivity index (χ3n) is 2.71. The molecule has 4 nitrogen and oxygen atoms in total. The van der Waals surface area contributed by atoms with E-state index in [9.17, 15) is 9.59 Å². The fourth-order valence-electron chi connectivity index (χ4n) is 1.74. The number of amides is 3. The van der Waals surface area contributed by atoms with E-state index in [0.717, 1.165) is 25.7 Å². The lowest BCUT2D eigenvalue weighted by atomic mass is 10.1. The normalized spacial score (nSPS) is 19.1. The van der Waals surface area contributed by atoms with Gasteiger partial charge in [0, 0.05) is 12.4 Å². The van der Waals surface area contributed by atoms with Gasteiger partial charge < -0.3 is 5.32 Å². The summed E-state index contributed by atoms with van der Waals surface area (Å²) in [7, 11) is 0. The van der Waals surface area contributed by atoms with Crippen molar-refractivity contribution in [3.05, 3.63) is 0 Å². The summed E-state index contributed by atoms with van der Waals surface area (Å²) in [5.41, 5.74) is -0.743.